The lowest BCUT2D eigenvalue weighted by Gasteiger charge is -2.07. The van der Waals surface area contributed by atoms with Gasteiger partial charge in [0.2, 0.25) is 0 Å². The van der Waals surface area contributed by atoms with Crippen molar-refractivity contribution in [1.29, 1.82) is 0 Å². The molecule has 0 aliphatic heterocycles. The van der Waals surface area contributed by atoms with Gasteiger partial charge in [-0.3, -0.25) is 4.79 Å². The predicted octanol–water partition coefficient (Wildman–Crippen LogP) is 4.12. The fourth-order valence-electron chi connectivity index (χ4n) is 1.08. The van der Waals surface area contributed by atoms with Crippen LogP contribution in [-0.4, -0.2) is 5.91 Å². The van der Waals surface area contributed by atoms with Gasteiger partial charge in [0.25, 0.3) is 5.91 Å². The molecule has 88 valence electrons. The normalized spacial score (nSPS) is 10.8. The van der Waals surface area contributed by atoms with Crippen molar-refractivity contribution in [2.75, 3.05) is 0 Å². The molecular formula is C13H11Br2NO. The number of amides is 1. The molecule has 0 saturated heterocycles. The van der Waals surface area contributed by atoms with Gasteiger partial charge < -0.3 is 5.32 Å². The highest BCUT2D eigenvalue weighted by Crippen LogP contribution is 2.18. The summed E-state index contributed by atoms with van der Waals surface area (Å²) in [6.07, 6.45) is 1.72. The van der Waals surface area contributed by atoms with E-state index in [1.54, 1.807) is 18.2 Å². The highest BCUT2D eigenvalue weighted by molar-refractivity contribution is 9.12. The van der Waals surface area contributed by atoms with E-state index in [2.05, 4.69) is 50.3 Å². The van der Waals surface area contributed by atoms with Crippen molar-refractivity contribution in [2.24, 2.45) is 0 Å². The van der Waals surface area contributed by atoms with Crippen molar-refractivity contribution in [3.05, 3.63) is 69.8 Å². The average Bonchev–Trinajstić information content (AvgIpc) is 2.29. The van der Waals surface area contributed by atoms with Crippen molar-refractivity contribution in [1.82, 2.24) is 5.32 Å². The zero-order valence-electron chi connectivity index (χ0n) is 9.04. The molecule has 1 aromatic carbocycles. The first kappa shape index (κ1) is 13.9. The van der Waals surface area contributed by atoms with Crippen LogP contribution in [0.25, 0.3) is 0 Å². The van der Waals surface area contributed by atoms with E-state index >= 15 is 0 Å². The van der Waals surface area contributed by atoms with Gasteiger partial charge in [-0.2, -0.15) is 0 Å². The van der Waals surface area contributed by atoms with Gasteiger partial charge in [0.1, 0.15) is 0 Å². The summed E-state index contributed by atoms with van der Waals surface area (Å²) in [6, 6.07) is 8.95. The Balaban J connectivity index is 2.71. The molecule has 1 aromatic rings. The maximum atomic E-state index is 11.8. The largest absolute Gasteiger partial charge is 0.321 e. The van der Waals surface area contributed by atoms with E-state index in [4.69, 9.17) is 0 Å². The molecule has 0 atom stereocenters. The Kier molecular flexibility index (Phi) is 5.38. The number of hydrogen-bond acceptors (Lipinski definition) is 1. The molecule has 0 bridgehead atoms. The molecule has 0 saturated carbocycles. The molecule has 0 spiro atoms. The molecule has 0 unspecified atom stereocenters. The molecular weight excluding hydrogens is 346 g/mol. The first-order valence-corrected chi connectivity index (χ1v) is 6.36. The number of hydrogen-bond donors (Lipinski definition) is 1. The number of rotatable bonds is 4. The fraction of sp³-hybridized carbons (Fsp3) is 0. The summed E-state index contributed by atoms with van der Waals surface area (Å²) in [5.74, 6) is -0.193. The van der Waals surface area contributed by atoms with Gasteiger partial charge >= 0.3 is 0 Å². The van der Waals surface area contributed by atoms with Crippen LogP contribution in [0.1, 0.15) is 10.4 Å². The van der Waals surface area contributed by atoms with Gasteiger partial charge in [0.05, 0.1) is 0 Å². The lowest BCUT2D eigenvalue weighted by atomic mass is 10.2. The third-order valence-electron chi connectivity index (χ3n) is 1.87. The second kappa shape index (κ2) is 6.57. The molecule has 0 heterocycles. The van der Waals surface area contributed by atoms with E-state index in [1.165, 1.54) is 0 Å². The monoisotopic (exact) mass is 355 g/mol. The van der Waals surface area contributed by atoms with E-state index in [-0.39, 0.29) is 5.91 Å². The molecule has 0 aromatic heterocycles. The standard InChI is InChI=1S/C13H11Br2NO/c1-9(14)8-12(15)10(2)16-13(17)11-6-4-3-5-7-11/h3-8H,1-2H2,(H,16,17)/b12-8+. The number of benzene rings is 1. The van der Waals surface area contributed by atoms with Crippen LogP contribution < -0.4 is 5.32 Å². The first-order valence-electron chi connectivity index (χ1n) is 4.78. The molecule has 0 aliphatic rings. The summed E-state index contributed by atoms with van der Waals surface area (Å²) in [7, 11) is 0. The smallest absolute Gasteiger partial charge is 0.255 e. The van der Waals surface area contributed by atoms with E-state index in [1.807, 2.05) is 18.2 Å². The molecule has 0 fully saturated rings. The van der Waals surface area contributed by atoms with Crippen LogP contribution in [-0.2, 0) is 0 Å². The molecule has 1 N–H and O–H groups in total. The summed E-state index contributed by atoms with van der Waals surface area (Å²) >= 11 is 6.50. The van der Waals surface area contributed by atoms with Gasteiger partial charge in [0, 0.05) is 20.2 Å². The third-order valence-corrected chi connectivity index (χ3v) is 2.81. The number of nitrogens with one attached hydrogen (secondary N) is 1. The lowest BCUT2D eigenvalue weighted by Crippen LogP contribution is -2.22. The Morgan fingerprint density at radius 1 is 1.18 bits per heavy atom. The molecule has 4 heteroatoms. The zero-order valence-corrected chi connectivity index (χ0v) is 12.2. The number of carbonyl (C=O) groups is 1. The summed E-state index contributed by atoms with van der Waals surface area (Å²) in [5.41, 5.74) is 1.08. The van der Waals surface area contributed by atoms with Crippen molar-refractivity contribution in [3.63, 3.8) is 0 Å². The molecule has 17 heavy (non-hydrogen) atoms. The Bertz CT molecular complexity index is 477. The predicted molar refractivity (Wildman–Crippen MR) is 78.1 cm³/mol. The van der Waals surface area contributed by atoms with Crippen LogP contribution in [0.5, 0.6) is 0 Å². The SMILES string of the molecule is C=C(Br)/C=C(/Br)C(=C)NC(=O)c1ccccc1. The summed E-state index contributed by atoms with van der Waals surface area (Å²) < 4.78 is 1.36. The summed E-state index contributed by atoms with van der Waals surface area (Å²) in [5, 5.41) is 2.69. The molecule has 0 radical (unpaired) electrons. The summed E-state index contributed by atoms with van der Waals surface area (Å²) in [4.78, 5) is 11.8. The van der Waals surface area contributed by atoms with E-state index in [0.717, 1.165) is 0 Å². The molecule has 1 rings (SSSR count). The Hall–Kier alpha value is -1.13. The van der Waals surface area contributed by atoms with Crippen molar-refractivity contribution < 1.29 is 4.79 Å². The van der Waals surface area contributed by atoms with Crippen LogP contribution >= 0.6 is 31.9 Å². The quantitative estimate of drug-likeness (QED) is 0.808. The molecule has 2 nitrogen and oxygen atoms in total. The summed E-state index contributed by atoms with van der Waals surface area (Å²) in [6.45, 7) is 7.44. The minimum atomic E-state index is -0.193. The van der Waals surface area contributed by atoms with Crippen LogP contribution in [0.4, 0.5) is 0 Å². The minimum Gasteiger partial charge on any atom is -0.321 e. The Morgan fingerprint density at radius 3 is 2.29 bits per heavy atom. The van der Waals surface area contributed by atoms with Crippen molar-refractivity contribution >= 4 is 37.8 Å². The fourth-order valence-corrected chi connectivity index (χ4v) is 1.99. The Morgan fingerprint density at radius 2 is 1.76 bits per heavy atom. The third kappa shape index (κ3) is 4.71. The van der Waals surface area contributed by atoms with E-state index < -0.39 is 0 Å². The van der Waals surface area contributed by atoms with Gasteiger partial charge in [-0.25, -0.2) is 0 Å². The van der Waals surface area contributed by atoms with Crippen LogP contribution in [0.15, 0.2) is 64.2 Å². The first-order chi connectivity index (χ1) is 8.00. The lowest BCUT2D eigenvalue weighted by molar-refractivity contribution is 0.0967. The van der Waals surface area contributed by atoms with E-state index in [0.29, 0.717) is 20.2 Å². The highest BCUT2D eigenvalue weighted by Gasteiger charge is 2.07. The Labute approximate surface area is 117 Å². The van der Waals surface area contributed by atoms with Crippen LogP contribution in [0.3, 0.4) is 0 Å². The number of carbonyl (C=O) groups excluding carboxylic acids is 1. The average molecular weight is 357 g/mol. The van der Waals surface area contributed by atoms with Crippen molar-refractivity contribution in [3.8, 4) is 0 Å². The van der Waals surface area contributed by atoms with Crippen LogP contribution in [0.2, 0.25) is 0 Å². The van der Waals surface area contributed by atoms with Crippen molar-refractivity contribution in [2.45, 2.75) is 0 Å². The number of allylic oxidation sites excluding steroid dienone is 3. The molecule has 1 amide bonds. The minimum absolute atomic E-state index is 0.193. The second-order valence-corrected chi connectivity index (χ2v) is 5.11. The van der Waals surface area contributed by atoms with Crippen LogP contribution in [0, 0.1) is 0 Å². The van der Waals surface area contributed by atoms with Gasteiger partial charge in [-0.15, -0.1) is 0 Å². The van der Waals surface area contributed by atoms with Gasteiger partial charge in [0.15, 0.2) is 0 Å². The van der Waals surface area contributed by atoms with Gasteiger partial charge in [-0.1, -0.05) is 47.3 Å². The highest BCUT2D eigenvalue weighted by atomic mass is 79.9. The maximum Gasteiger partial charge on any atom is 0.255 e. The maximum absolute atomic E-state index is 11.8. The zero-order chi connectivity index (χ0) is 12.8. The number of halogens is 2. The van der Waals surface area contributed by atoms with Gasteiger partial charge in [-0.05, 0) is 34.1 Å². The molecule has 0 aliphatic carbocycles. The van der Waals surface area contributed by atoms with E-state index in [9.17, 15) is 4.79 Å². The topological polar surface area (TPSA) is 29.1 Å². The second-order valence-electron chi connectivity index (χ2n) is 3.24.